The Bertz CT molecular complexity index is 642. The van der Waals surface area contributed by atoms with Crippen LogP contribution < -0.4 is 5.32 Å². The van der Waals surface area contributed by atoms with E-state index >= 15 is 0 Å². The average Bonchev–Trinajstić information content (AvgIpc) is 2.41. The predicted octanol–water partition coefficient (Wildman–Crippen LogP) is 3.93. The van der Waals surface area contributed by atoms with Crippen LogP contribution in [0.5, 0.6) is 0 Å². The average molecular weight is 254 g/mol. The summed E-state index contributed by atoms with van der Waals surface area (Å²) in [5.41, 5.74) is 3.84. The van der Waals surface area contributed by atoms with E-state index in [4.69, 9.17) is 5.26 Å². The lowest BCUT2D eigenvalue weighted by atomic mass is 10.1. The van der Waals surface area contributed by atoms with Crippen LogP contribution in [0.4, 0.5) is 10.1 Å². The maximum absolute atomic E-state index is 13.9. The van der Waals surface area contributed by atoms with Gasteiger partial charge in [-0.1, -0.05) is 24.3 Å². The standard InChI is InChI=1S/C16H15FN2/c1-11-6-7-12(2)15(8-11)19-10-14-5-3-4-13(9-18)16(14)17/h3-8,19H,10H2,1-2H3. The Morgan fingerprint density at radius 1 is 1.21 bits per heavy atom. The number of anilines is 1. The third-order valence-electron chi connectivity index (χ3n) is 3.06. The van der Waals surface area contributed by atoms with E-state index in [0.29, 0.717) is 12.1 Å². The first-order chi connectivity index (χ1) is 9.11. The van der Waals surface area contributed by atoms with Gasteiger partial charge in [0.2, 0.25) is 0 Å². The summed E-state index contributed by atoms with van der Waals surface area (Å²) in [6, 6.07) is 12.8. The van der Waals surface area contributed by atoms with Crippen molar-refractivity contribution in [2.24, 2.45) is 0 Å². The molecule has 0 atom stereocenters. The van der Waals surface area contributed by atoms with Gasteiger partial charge in [0.05, 0.1) is 5.56 Å². The fraction of sp³-hybridized carbons (Fsp3) is 0.188. The maximum atomic E-state index is 13.9. The zero-order chi connectivity index (χ0) is 13.8. The number of benzene rings is 2. The van der Waals surface area contributed by atoms with Crippen molar-refractivity contribution < 1.29 is 4.39 Å². The van der Waals surface area contributed by atoms with Gasteiger partial charge in [-0.2, -0.15) is 5.26 Å². The summed E-state index contributed by atoms with van der Waals surface area (Å²) >= 11 is 0. The van der Waals surface area contributed by atoms with E-state index in [1.54, 1.807) is 12.1 Å². The molecule has 0 saturated carbocycles. The van der Waals surface area contributed by atoms with Gasteiger partial charge < -0.3 is 5.32 Å². The van der Waals surface area contributed by atoms with Crippen LogP contribution in [0, 0.1) is 31.0 Å². The molecule has 2 aromatic rings. The third-order valence-corrected chi connectivity index (χ3v) is 3.06. The quantitative estimate of drug-likeness (QED) is 0.900. The molecule has 0 aliphatic heterocycles. The van der Waals surface area contributed by atoms with Gasteiger partial charge in [-0.3, -0.25) is 0 Å². The highest BCUT2D eigenvalue weighted by Gasteiger charge is 2.07. The first kappa shape index (κ1) is 13.1. The van der Waals surface area contributed by atoms with Crippen LogP contribution >= 0.6 is 0 Å². The first-order valence-corrected chi connectivity index (χ1v) is 6.10. The van der Waals surface area contributed by atoms with Gasteiger partial charge >= 0.3 is 0 Å². The lowest BCUT2D eigenvalue weighted by Crippen LogP contribution is -2.04. The lowest BCUT2D eigenvalue weighted by Gasteiger charge is -2.11. The number of rotatable bonds is 3. The Morgan fingerprint density at radius 3 is 2.74 bits per heavy atom. The monoisotopic (exact) mass is 254 g/mol. The van der Waals surface area contributed by atoms with Crippen LogP contribution in [0.15, 0.2) is 36.4 Å². The molecular formula is C16H15FN2. The molecule has 2 nitrogen and oxygen atoms in total. The number of hydrogen-bond acceptors (Lipinski definition) is 2. The zero-order valence-electron chi connectivity index (χ0n) is 11.0. The van der Waals surface area contributed by atoms with Crippen LogP contribution in [0.2, 0.25) is 0 Å². The highest BCUT2D eigenvalue weighted by molar-refractivity contribution is 5.53. The molecule has 0 amide bonds. The van der Waals surface area contributed by atoms with E-state index in [0.717, 1.165) is 16.8 Å². The molecule has 96 valence electrons. The number of aryl methyl sites for hydroxylation is 2. The molecule has 19 heavy (non-hydrogen) atoms. The van der Waals surface area contributed by atoms with Gasteiger partial charge in [-0.05, 0) is 37.1 Å². The predicted molar refractivity (Wildman–Crippen MR) is 74.4 cm³/mol. The van der Waals surface area contributed by atoms with E-state index in [2.05, 4.69) is 5.32 Å². The Hall–Kier alpha value is -2.34. The number of nitriles is 1. The summed E-state index contributed by atoms with van der Waals surface area (Å²) in [5.74, 6) is -0.442. The molecule has 3 heteroatoms. The SMILES string of the molecule is Cc1ccc(C)c(NCc2cccc(C#N)c2F)c1. The molecule has 0 heterocycles. The van der Waals surface area contributed by atoms with Crippen molar-refractivity contribution in [2.75, 3.05) is 5.32 Å². The van der Waals surface area contributed by atoms with Crippen molar-refractivity contribution in [1.82, 2.24) is 0 Å². The number of nitrogens with one attached hydrogen (secondary N) is 1. The van der Waals surface area contributed by atoms with E-state index in [-0.39, 0.29) is 5.56 Å². The fourth-order valence-corrected chi connectivity index (χ4v) is 1.92. The second-order valence-electron chi connectivity index (χ2n) is 4.56. The Labute approximate surface area is 112 Å². The van der Waals surface area contributed by atoms with Gasteiger partial charge in [0.1, 0.15) is 11.9 Å². The van der Waals surface area contributed by atoms with Crippen molar-refractivity contribution in [1.29, 1.82) is 5.26 Å². The third kappa shape index (κ3) is 2.92. The molecule has 0 bridgehead atoms. The summed E-state index contributed by atoms with van der Waals surface area (Å²) in [5, 5.41) is 12.0. The van der Waals surface area contributed by atoms with Crippen molar-refractivity contribution in [2.45, 2.75) is 20.4 Å². The van der Waals surface area contributed by atoms with Crippen LogP contribution in [0.25, 0.3) is 0 Å². The van der Waals surface area contributed by atoms with E-state index < -0.39 is 5.82 Å². The molecule has 0 aliphatic carbocycles. The van der Waals surface area contributed by atoms with Gasteiger partial charge in [-0.25, -0.2) is 4.39 Å². The molecule has 2 aromatic carbocycles. The Morgan fingerprint density at radius 2 is 2.00 bits per heavy atom. The van der Waals surface area contributed by atoms with Crippen molar-refractivity contribution in [3.63, 3.8) is 0 Å². The van der Waals surface area contributed by atoms with Crippen molar-refractivity contribution in [3.05, 3.63) is 64.5 Å². The fourth-order valence-electron chi connectivity index (χ4n) is 1.92. The molecule has 0 fully saturated rings. The summed E-state index contributed by atoms with van der Waals surface area (Å²) < 4.78 is 13.9. The molecule has 1 N–H and O–H groups in total. The highest BCUT2D eigenvalue weighted by Crippen LogP contribution is 2.19. The van der Waals surface area contributed by atoms with Crippen LogP contribution in [-0.4, -0.2) is 0 Å². The minimum atomic E-state index is -0.442. The van der Waals surface area contributed by atoms with Gasteiger partial charge in [0, 0.05) is 17.8 Å². The van der Waals surface area contributed by atoms with Crippen LogP contribution in [0.3, 0.4) is 0 Å². The smallest absolute Gasteiger partial charge is 0.145 e. The van der Waals surface area contributed by atoms with Crippen molar-refractivity contribution in [3.8, 4) is 6.07 Å². The normalized spacial score (nSPS) is 10.0. The zero-order valence-corrected chi connectivity index (χ0v) is 11.0. The second-order valence-corrected chi connectivity index (χ2v) is 4.56. The number of hydrogen-bond donors (Lipinski definition) is 1. The summed E-state index contributed by atoms with van der Waals surface area (Å²) in [7, 11) is 0. The molecule has 0 spiro atoms. The molecule has 2 rings (SSSR count). The minimum Gasteiger partial charge on any atom is -0.381 e. The number of halogens is 1. The molecule has 0 aliphatic rings. The van der Waals surface area contributed by atoms with Crippen molar-refractivity contribution >= 4 is 5.69 Å². The Kier molecular flexibility index (Phi) is 3.82. The highest BCUT2D eigenvalue weighted by atomic mass is 19.1. The second kappa shape index (κ2) is 5.53. The topological polar surface area (TPSA) is 35.8 Å². The van der Waals surface area contributed by atoms with E-state index in [9.17, 15) is 4.39 Å². The van der Waals surface area contributed by atoms with Crippen LogP contribution in [0.1, 0.15) is 22.3 Å². The number of nitrogens with zero attached hydrogens (tertiary/aromatic N) is 1. The molecular weight excluding hydrogens is 239 g/mol. The van der Waals surface area contributed by atoms with E-state index in [1.807, 2.05) is 38.1 Å². The van der Waals surface area contributed by atoms with Gasteiger partial charge in [0.25, 0.3) is 0 Å². The minimum absolute atomic E-state index is 0.0836. The lowest BCUT2D eigenvalue weighted by molar-refractivity contribution is 0.609. The summed E-state index contributed by atoms with van der Waals surface area (Å²) in [6.45, 7) is 4.39. The largest absolute Gasteiger partial charge is 0.381 e. The molecule has 0 radical (unpaired) electrons. The molecule has 0 aromatic heterocycles. The molecule has 0 saturated heterocycles. The molecule has 0 unspecified atom stereocenters. The van der Waals surface area contributed by atoms with Gasteiger partial charge in [0.15, 0.2) is 0 Å². The summed E-state index contributed by atoms with van der Waals surface area (Å²) in [6.07, 6.45) is 0. The Balaban J connectivity index is 2.20. The first-order valence-electron chi connectivity index (χ1n) is 6.10. The van der Waals surface area contributed by atoms with Gasteiger partial charge in [-0.15, -0.1) is 0 Å². The maximum Gasteiger partial charge on any atom is 0.145 e. The van der Waals surface area contributed by atoms with Crippen LogP contribution in [-0.2, 0) is 6.54 Å². The summed E-state index contributed by atoms with van der Waals surface area (Å²) in [4.78, 5) is 0. The van der Waals surface area contributed by atoms with E-state index in [1.165, 1.54) is 6.07 Å².